The van der Waals surface area contributed by atoms with E-state index in [-0.39, 0.29) is 6.04 Å². The Bertz CT molecular complexity index is 563. The second-order valence-electron chi connectivity index (χ2n) is 4.38. The van der Waals surface area contributed by atoms with Crippen LogP contribution in [0.3, 0.4) is 0 Å². The number of nitrogens with zero attached hydrogens (tertiary/aromatic N) is 2. The number of hydrogen-bond donors (Lipinski definition) is 1. The zero-order valence-electron chi connectivity index (χ0n) is 10.3. The van der Waals surface area contributed by atoms with Gasteiger partial charge in [0, 0.05) is 17.1 Å². The number of benzene rings is 1. The van der Waals surface area contributed by atoms with Gasteiger partial charge in [-0.3, -0.25) is 4.68 Å². The van der Waals surface area contributed by atoms with E-state index in [0.717, 1.165) is 17.0 Å². The summed E-state index contributed by atoms with van der Waals surface area (Å²) < 4.78 is 1.80. The Morgan fingerprint density at radius 3 is 2.67 bits per heavy atom. The van der Waals surface area contributed by atoms with Crippen LogP contribution in [-0.4, -0.2) is 9.78 Å². The second-order valence-corrected chi connectivity index (χ2v) is 5.22. The molecule has 1 aromatic heterocycles. The van der Waals surface area contributed by atoms with E-state index in [1.165, 1.54) is 0 Å². The molecule has 18 heavy (non-hydrogen) atoms. The van der Waals surface area contributed by atoms with Crippen LogP contribution >= 0.6 is 23.2 Å². The number of aryl methyl sites for hydroxylation is 2. The highest BCUT2D eigenvalue weighted by Crippen LogP contribution is 2.25. The van der Waals surface area contributed by atoms with Gasteiger partial charge in [-0.1, -0.05) is 23.2 Å². The van der Waals surface area contributed by atoms with E-state index in [0.29, 0.717) is 16.5 Å². The third-order valence-electron chi connectivity index (χ3n) is 2.87. The zero-order valence-corrected chi connectivity index (χ0v) is 11.8. The first-order valence-corrected chi connectivity index (χ1v) is 6.43. The van der Waals surface area contributed by atoms with Gasteiger partial charge in [0.1, 0.15) is 0 Å². The predicted molar refractivity (Wildman–Crippen MR) is 75.0 cm³/mol. The molecule has 3 nitrogen and oxygen atoms in total. The van der Waals surface area contributed by atoms with Crippen molar-refractivity contribution in [1.82, 2.24) is 9.78 Å². The summed E-state index contributed by atoms with van der Waals surface area (Å²) in [5.41, 5.74) is 9.10. The fraction of sp³-hybridized carbons (Fsp3) is 0.308. The van der Waals surface area contributed by atoms with Crippen LogP contribution in [0.5, 0.6) is 0 Å². The zero-order chi connectivity index (χ0) is 13.3. The van der Waals surface area contributed by atoms with E-state index in [1.54, 1.807) is 16.8 Å². The molecule has 0 radical (unpaired) electrons. The summed E-state index contributed by atoms with van der Waals surface area (Å²) >= 11 is 12.1. The number of halogens is 2. The van der Waals surface area contributed by atoms with E-state index in [4.69, 9.17) is 28.9 Å². The molecule has 2 N–H and O–H groups in total. The van der Waals surface area contributed by atoms with Crippen molar-refractivity contribution in [2.45, 2.75) is 19.4 Å². The van der Waals surface area contributed by atoms with Gasteiger partial charge in [0.05, 0.1) is 17.4 Å². The van der Waals surface area contributed by atoms with Crippen molar-refractivity contribution in [1.29, 1.82) is 0 Å². The van der Waals surface area contributed by atoms with Gasteiger partial charge in [-0.15, -0.1) is 0 Å². The Kier molecular flexibility index (Phi) is 3.95. The summed E-state index contributed by atoms with van der Waals surface area (Å²) in [7, 11) is 1.89. The molecule has 0 aliphatic carbocycles. The number of aromatic nitrogens is 2. The molecule has 0 spiro atoms. The number of nitrogens with two attached hydrogens (primary N) is 1. The molecular weight excluding hydrogens is 269 g/mol. The van der Waals surface area contributed by atoms with Crippen molar-refractivity contribution in [2.75, 3.05) is 0 Å². The van der Waals surface area contributed by atoms with E-state index in [1.807, 2.05) is 26.1 Å². The Balaban J connectivity index is 2.23. The van der Waals surface area contributed by atoms with E-state index in [9.17, 15) is 0 Å². The molecule has 5 heteroatoms. The molecule has 1 unspecified atom stereocenters. The fourth-order valence-corrected chi connectivity index (χ4v) is 2.41. The molecular formula is C13H15Cl2N3. The second kappa shape index (κ2) is 5.31. The summed E-state index contributed by atoms with van der Waals surface area (Å²) in [4.78, 5) is 0. The van der Waals surface area contributed by atoms with Crippen molar-refractivity contribution >= 4 is 23.2 Å². The molecule has 1 heterocycles. The SMILES string of the molecule is Cc1cc(C(N)Cc2cc(Cl)ccc2Cl)n(C)n1. The lowest BCUT2D eigenvalue weighted by Gasteiger charge is -2.13. The minimum atomic E-state index is -0.146. The Morgan fingerprint density at radius 2 is 2.06 bits per heavy atom. The largest absolute Gasteiger partial charge is 0.322 e. The maximum absolute atomic E-state index is 6.20. The van der Waals surface area contributed by atoms with Gasteiger partial charge in [-0.05, 0) is 43.2 Å². The first-order valence-electron chi connectivity index (χ1n) is 5.67. The lowest BCUT2D eigenvalue weighted by molar-refractivity contribution is 0.615. The van der Waals surface area contributed by atoms with Crippen LogP contribution < -0.4 is 5.73 Å². The smallest absolute Gasteiger partial charge is 0.0597 e. The van der Waals surface area contributed by atoms with Gasteiger partial charge in [0.2, 0.25) is 0 Å². The highest BCUT2D eigenvalue weighted by Gasteiger charge is 2.14. The van der Waals surface area contributed by atoms with Crippen LogP contribution in [-0.2, 0) is 13.5 Å². The standard InChI is InChI=1S/C13H15Cl2N3/c1-8-5-13(18(2)17-8)12(16)7-9-6-10(14)3-4-11(9)15/h3-6,12H,7,16H2,1-2H3. The van der Waals surface area contributed by atoms with Crippen molar-refractivity contribution in [3.05, 3.63) is 51.3 Å². The molecule has 0 aliphatic rings. The summed E-state index contributed by atoms with van der Waals surface area (Å²) in [6, 6.07) is 7.26. The van der Waals surface area contributed by atoms with Crippen LogP contribution in [0.25, 0.3) is 0 Å². The van der Waals surface area contributed by atoms with Gasteiger partial charge < -0.3 is 5.73 Å². The number of hydrogen-bond acceptors (Lipinski definition) is 2. The molecule has 0 aliphatic heterocycles. The highest BCUT2D eigenvalue weighted by atomic mass is 35.5. The summed E-state index contributed by atoms with van der Waals surface area (Å²) in [6.07, 6.45) is 0.637. The lowest BCUT2D eigenvalue weighted by Crippen LogP contribution is -2.17. The maximum Gasteiger partial charge on any atom is 0.0597 e. The van der Waals surface area contributed by atoms with Crippen molar-refractivity contribution in [3.8, 4) is 0 Å². The van der Waals surface area contributed by atoms with E-state index < -0.39 is 0 Å². The summed E-state index contributed by atoms with van der Waals surface area (Å²) in [5.74, 6) is 0. The average molecular weight is 284 g/mol. The lowest BCUT2D eigenvalue weighted by atomic mass is 10.0. The highest BCUT2D eigenvalue weighted by molar-refractivity contribution is 6.33. The normalized spacial score (nSPS) is 12.7. The van der Waals surface area contributed by atoms with E-state index in [2.05, 4.69) is 5.10 Å². The Morgan fingerprint density at radius 1 is 1.33 bits per heavy atom. The quantitative estimate of drug-likeness (QED) is 0.940. The van der Waals surface area contributed by atoms with Crippen LogP contribution in [0.2, 0.25) is 10.0 Å². The maximum atomic E-state index is 6.20. The van der Waals surface area contributed by atoms with Gasteiger partial charge in [0.25, 0.3) is 0 Å². The summed E-state index contributed by atoms with van der Waals surface area (Å²) in [6.45, 7) is 1.95. The topological polar surface area (TPSA) is 43.8 Å². The Hall–Kier alpha value is -1.03. The molecule has 0 amide bonds. The first-order chi connectivity index (χ1) is 8.47. The molecule has 1 aromatic carbocycles. The van der Waals surface area contributed by atoms with Crippen molar-refractivity contribution < 1.29 is 0 Å². The molecule has 2 aromatic rings. The van der Waals surface area contributed by atoms with Gasteiger partial charge in [0.15, 0.2) is 0 Å². The van der Waals surface area contributed by atoms with Gasteiger partial charge >= 0.3 is 0 Å². The molecule has 2 rings (SSSR count). The van der Waals surface area contributed by atoms with Gasteiger partial charge in [-0.25, -0.2) is 0 Å². The molecule has 96 valence electrons. The van der Waals surface area contributed by atoms with Crippen LogP contribution in [0.4, 0.5) is 0 Å². The van der Waals surface area contributed by atoms with Crippen molar-refractivity contribution in [2.24, 2.45) is 12.8 Å². The third-order valence-corrected chi connectivity index (χ3v) is 3.47. The fourth-order valence-electron chi connectivity index (χ4n) is 2.02. The molecule has 0 bridgehead atoms. The van der Waals surface area contributed by atoms with Crippen molar-refractivity contribution in [3.63, 3.8) is 0 Å². The average Bonchev–Trinajstić information content (AvgIpc) is 2.63. The van der Waals surface area contributed by atoms with Crippen LogP contribution in [0, 0.1) is 6.92 Å². The van der Waals surface area contributed by atoms with E-state index >= 15 is 0 Å². The van der Waals surface area contributed by atoms with Gasteiger partial charge in [-0.2, -0.15) is 5.10 Å². The molecule has 0 saturated heterocycles. The first kappa shape index (κ1) is 13.4. The number of rotatable bonds is 3. The summed E-state index contributed by atoms with van der Waals surface area (Å²) in [5, 5.41) is 5.65. The van der Waals surface area contributed by atoms with Crippen LogP contribution in [0.15, 0.2) is 24.3 Å². The molecule has 0 saturated carbocycles. The Labute approximate surface area is 117 Å². The third kappa shape index (κ3) is 2.86. The monoisotopic (exact) mass is 283 g/mol. The molecule has 1 atom stereocenters. The minimum Gasteiger partial charge on any atom is -0.322 e. The van der Waals surface area contributed by atoms with Crippen LogP contribution in [0.1, 0.15) is 23.0 Å². The molecule has 0 fully saturated rings. The predicted octanol–water partition coefficient (Wildman–Crippen LogP) is 3.28. The minimum absolute atomic E-state index is 0.146.